The number of hydrogen-bond acceptors (Lipinski definition) is 1. The van der Waals surface area contributed by atoms with E-state index in [-0.39, 0.29) is 0 Å². The van der Waals surface area contributed by atoms with Crippen LogP contribution in [0.25, 0.3) is 0 Å². The van der Waals surface area contributed by atoms with E-state index in [0.29, 0.717) is 11.3 Å². The molecule has 1 nitrogen and oxygen atoms in total. The predicted molar refractivity (Wildman–Crippen MR) is 53.3 cm³/mol. The first-order chi connectivity index (χ1) is 6.16. The average molecular weight is 176 g/mol. The van der Waals surface area contributed by atoms with Gasteiger partial charge in [-0.1, -0.05) is 26.0 Å². The van der Waals surface area contributed by atoms with E-state index in [1.807, 2.05) is 6.08 Å². The van der Waals surface area contributed by atoms with Crippen LogP contribution in [0.4, 0.5) is 0 Å². The molecule has 0 aromatic heterocycles. The topological polar surface area (TPSA) is 17.1 Å². The highest BCUT2D eigenvalue weighted by molar-refractivity contribution is 5.66. The van der Waals surface area contributed by atoms with Gasteiger partial charge in [-0.05, 0) is 41.7 Å². The minimum absolute atomic E-state index is 0.470. The van der Waals surface area contributed by atoms with Gasteiger partial charge in [-0.25, -0.2) is 0 Å². The van der Waals surface area contributed by atoms with Gasteiger partial charge in [0.2, 0.25) is 0 Å². The number of fused-ring (bicyclic) bond motifs is 1. The fraction of sp³-hybridized carbons (Fsp3) is 0.583. The zero-order chi connectivity index (χ0) is 9.47. The lowest BCUT2D eigenvalue weighted by Crippen LogP contribution is -2.47. The van der Waals surface area contributed by atoms with Gasteiger partial charge in [0.1, 0.15) is 6.29 Å². The summed E-state index contributed by atoms with van der Waals surface area (Å²) in [5, 5.41) is 0. The van der Waals surface area contributed by atoms with Crippen molar-refractivity contribution in [3.63, 3.8) is 0 Å². The Labute approximate surface area is 79.5 Å². The fourth-order valence-electron chi connectivity index (χ4n) is 2.74. The van der Waals surface area contributed by atoms with Crippen LogP contribution in [0.1, 0.15) is 26.7 Å². The van der Waals surface area contributed by atoms with Crippen molar-refractivity contribution in [1.29, 1.82) is 0 Å². The maximum Gasteiger partial charge on any atom is 0.142 e. The highest BCUT2D eigenvalue weighted by atomic mass is 16.1. The standard InChI is InChI=1S/C12H16O/c1-12(2)10-6-5-9(4-3-7-13)11(12)8-10/h3-5,7,10-11H,6,8H2,1-2H3/b4-3+. The van der Waals surface area contributed by atoms with Crippen LogP contribution >= 0.6 is 0 Å². The van der Waals surface area contributed by atoms with Crippen molar-refractivity contribution >= 4 is 6.29 Å². The van der Waals surface area contributed by atoms with E-state index in [4.69, 9.17) is 0 Å². The molecule has 3 rings (SSSR count). The van der Waals surface area contributed by atoms with Crippen LogP contribution < -0.4 is 0 Å². The van der Waals surface area contributed by atoms with Crippen LogP contribution in [0.5, 0.6) is 0 Å². The zero-order valence-electron chi connectivity index (χ0n) is 8.29. The molecule has 0 aromatic carbocycles. The van der Waals surface area contributed by atoms with Crippen LogP contribution in [0.15, 0.2) is 23.8 Å². The number of allylic oxidation sites excluding steroid dienone is 4. The van der Waals surface area contributed by atoms with E-state index in [1.165, 1.54) is 18.4 Å². The van der Waals surface area contributed by atoms with Gasteiger partial charge in [0.25, 0.3) is 0 Å². The van der Waals surface area contributed by atoms with Crippen molar-refractivity contribution in [2.75, 3.05) is 0 Å². The molecule has 70 valence electrons. The Bertz CT molecular complexity index is 283. The quantitative estimate of drug-likeness (QED) is 0.467. The van der Waals surface area contributed by atoms with E-state index in [1.54, 1.807) is 6.08 Å². The molecule has 0 heterocycles. The van der Waals surface area contributed by atoms with E-state index >= 15 is 0 Å². The summed E-state index contributed by atoms with van der Waals surface area (Å²) in [5.74, 6) is 1.58. The molecule has 1 saturated carbocycles. The molecule has 0 N–H and O–H groups in total. The normalized spacial score (nSPS) is 35.4. The Morgan fingerprint density at radius 3 is 2.85 bits per heavy atom. The van der Waals surface area contributed by atoms with Gasteiger partial charge in [0.05, 0.1) is 0 Å². The van der Waals surface area contributed by atoms with Gasteiger partial charge in [-0.3, -0.25) is 4.79 Å². The molecule has 2 atom stereocenters. The largest absolute Gasteiger partial charge is 0.299 e. The molecular formula is C12H16O. The predicted octanol–water partition coefficient (Wildman–Crippen LogP) is 2.73. The summed E-state index contributed by atoms with van der Waals surface area (Å²) in [6.07, 6.45) is 9.27. The Balaban J connectivity index is 2.18. The summed E-state index contributed by atoms with van der Waals surface area (Å²) >= 11 is 0. The van der Waals surface area contributed by atoms with Crippen molar-refractivity contribution in [1.82, 2.24) is 0 Å². The van der Waals surface area contributed by atoms with Crippen molar-refractivity contribution in [2.24, 2.45) is 17.3 Å². The molecule has 0 radical (unpaired) electrons. The number of carbonyl (C=O) groups excluding carboxylic acids is 1. The summed E-state index contributed by atoms with van der Waals surface area (Å²) in [4.78, 5) is 10.2. The van der Waals surface area contributed by atoms with Crippen LogP contribution in [0, 0.1) is 17.3 Å². The van der Waals surface area contributed by atoms with E-state index in [9.17, 15) is 4.79 Å². The second kappa shape index (κ2) is 2.83. The van der Waals surface area contributed by atoms with Crippen molar-refractivity contribution in [3.8, 4) is 0 Å². The molecule has 0 amide bonds. The van der Waals surface area contributed by atoms with Gasteiger partial charge in [0, 0.05) is 0 Å². The van der Waals surface area contributed by atoms with E-state index < -0.39 is 0 Å². The lowest BCUT2D eigenvalue weighted by molar-refractivity contribution is -0.104. The molecule has 3 aliphatic carbocycles. The highest BCUT2D eigenvalue weighted by Crippen LogP contribution is 2.59. The Kier molecular flexibility index (Phi) is 1.90. The van der Waals surface area contributed by atoms with Gasteiger partial charge >= 0.3 is 0 Å². The molecule has 2 unspecified atom stereocenters. The van der Waals surface area contributed by atoms with Crippen molar-refractivity contribution in [2.45, 2.75) is 26.7 Å². The summed E-state index contributed by atoms with van der Waals surface area (Å²) in [5.41, 5.74) is 1.84. The van der Waals surface area contributed by atoms with Gasteiger partial charge in [-0.15, -0.1) is 0 Å². The molecule has 0 saturated heterocycles. The minimum Gasteiger partial charge on any atom is -0.299 e. The highest BCUT2D eigenvalue weighted by Gasteiger charge is 2.50. The maximum absolute atomic E-state index is 10.2. The first kappa shape index (κ1) is 8.74. The van der Waals surface area contributed by atoms with Gasteiger partial charge < -0.3 is 0 Å². The molecule has 13 heavy (non-hydrogen) atoms. The zero-order valence-corrected chi connectivity index (χ0v) is 8.29. The average Bonchev–Trinajstić information content (AvgIpc) is 2.14. The third-order valence-electron chi connectivity index (χ3n) is 3.88. The second-order valence-electron chi connectivity index (χ2n) is 4.74. The summed E-state index contributed by atoms with van der Waals surface area (Å²) in [7, 11) is 0. The molecule has 3 aliphatic rings. The monoisotopic (exact) mass is 176 g/mol. The van der Waals surface area contributed by atoms with Crippen molar-refractivity contribution < 1.29 is 4.79 Å². The number of rotatable bonds is 2. The first-order valence-electron chi connectivity index (χ1n) is 4.98. The number of hydrogen-bond donors (Lipinski definition) is 0. The first-order valence-corrected chi connectivity index (χ1v) is 4.98. The Morgan fingerprint density at radius 1 is 1.54 bits per heavy atom. The van der Waals surface area contributed by atoms with Gasteiger partial charge in [-0.2, -0.15) is 0 Å². The lowest BCUT2D eigenvalue weighted by atomic mass is 9.49. The third-order valence-corrected chi connectivity index (χ3v) is 3.88. The van der Waals surface area contributed by atoms with Crippen LogP contribution in [-0.4, -0.2) is 6.29 Å². The van der Waals surface area contributed by atoms with Crippen molar-refractivity contribution in [3.05, 3.63) is 23.8 Å². The second-order valence-corrected chi connectivity index (χ2v) is 4.74. The Morgan fingerprint density at radius 2 is 2.31 bits per heavy atom. The van der Waals surface area contributed by atoms with Gasteiger partial charge in [0.15, 0.2) is 0 Å². The molecule has 1 heteroatoms. The lowest BCUT2D eigenvalue weighted by Gasteiger charge is -2.56. The van der Waals surface area contributed by atoms with Crippen LogP contribution in [0.3, 0.4) is 0 Å². The Hall–Kier alpha value is -0.850. The minimum atomic E-state index is 0.470. The smallest absolute Gasteiger partial charge is 0.142 e. The molecule has 0 spiro atoms. The van der Waals surface area contributed by atoms with E-state index in [0.717, 1.165) is 12.2 Å². The molecule has 0 aromatic rings. The summed E-state index contributed by atoms with van der Waals surface area (Å²) in [6, 6.07) is 0. The van der Waals surface area contributed by atoms with E-state index in [2.05, 4.69) is 19.9 Å². The molecule has 2 bridgehead atoms. The molecule has 0 aliphatic heterocycles. The fourth-order valence-corrected chi connectivity index (χ4v) is 2.74. The molecule has 1 fully saturated rings. The van der Waals surface area contributed by atoms with Crippen LogP contribution in [-0.2, 0) is 4.79 Å². The summed E-state index contributed by atoms with van der Waals surface area (Å²) < 4.78 is 0. The SMILES string of the molecule is CC1(C)C2CC=C(/C=C/C=O)C1C2. The third kappa shape index (κ3) is 1.18. The number of carbonyl (C=O) groups is 1. The molecular weight excluding hydrogens is 160 g/mol. The summed E-state index contributed by atoms with van der Waals surface area (Å²) in [6.45, 7) is 4.68. The number of aldehydes is 1. The maximum atomic E-state index is 10.2. The van der Waals surface area contributed by atoms with Crippen LogP contribution in [0.2, 0.25) is 0 Å².